The number of alkyl carbamates (subject to hydrolysis) is 1. The fourth-order valence-electron chi connectivity index (χ4n) is 1.62. The van der Waals surface area contributed by atoms with Gasteiger partial charge in [-0.15, -0.1) is 0 Å². The maximum atomic E-state index is 11.2. The highest BCUT2D eigenvalue weighted by atomic mass is 16.6. The Morgan fingerprint density at radius 2 is 1.86 bits per heavy atom. The summed E-state index contributed by atoms with van der Waals surface area (Å²) in [4.78, 5) is 22.2. The van der Waals surface area contributed by atoms with Crippen molar-refractivity contribution in [3.05, 3.63) is 0 Å². The van der Waals surface area contributed by atoms with Crippen molar-refractivity contribution in [1.29, 1.82) is 0 Å². The molecule has 2 aliphatic carbocycles. The van der Waals surface area contributed by atoms with Gasteiger partial charge in [0.05, 0.1) is 0 Å². The second kappa shape index (κ2) is 3.98. The number of hydrogen-bond acceptors (Lipinski definition) is 3. The highest BCUT2D eigenvalue weighted by Gasteiger charge is 2.27. The summed E-state index contributed by atoms with van der Waals surface area (Å²) in [5, 5.41) is 2.80. The van der Waals surface area contributed by atoms with Gasteiger partial charge in [-0.2, -0.15) is 0 Å². The Balaban J connectivity index is 1.68. The molecule has 2 saturated carbocycles. The molecule has 1 N–H and O–H groups in total. The van der Waals surface area contributed by atoms with Crippen LogP contribution in [-0.4, -0.2) is 24.0 Å². The average molecular weight is 197 g/mol. The lowest BCUT2D eigenvalue weighted by Crippen LogP contribution is -2.38. The van der Waals surface area contributed by atoms with Gasteiger partial charge in [0.1, 0.15) is 11.9 Å². The van der Waals surface area contributed by atoms with Crippen LogP contribution in [0.4, 0.5) is 4.79 Å². The Bertz CT molecular complexity index is 238. The number of ketones is 1. The third kappa shape index (κ3) is 2.72. The molecule has 2 rings (SSSR count). The molecule has 14 heavy (non-hydrogen) atoms. The van der Waals surface area contributed by atoms with E-state index in [1.54, 1.807) is 0 Å². The second-order valence-corrected chi connectivity index (χ2v) is 4.06. The van der Waals surface area contributed by atoms with Gasteiger partial charge in [0.25, 0.3) is 0 Å². The van der Waals surface area contributed by atoms with Crippen molar-refractivity contribution in [2.45, 2.75) is 50.7 Å². The van der Waals surface area contributed by atoms with Gasteiger partial charge < -0.3 is 10.1 Å². The molecule has 0 saturated heterocycles. The molecule has 0 aromatic heterocycles. The molecule has 0 aromatic carbocycles. The summed E-state index contributed by atoms with van der Waals surface area (Å²) in [6.07, 6.45) is 4.54. The van der Waals surface area contributed by atoms with Crippen molar-refractivity contribution in [2.75, 3.05) is 0 Å². The predicted octanol–water partition coefficient (Wildman–Crippen LogP) is 1.39. The van der Waals surface area contributed by atoms with Gasteiger partial charge in [0.15, 0.2) is 0 Å². The van der Waals surface area contributed by atoms with Crippen molar-refractivity contribution in [3.8, 4) is 0 Å². The Labute approximate surface area is 83.0 Å². The first kappa shape index (κ1) is 9.49. The minimum atomic E-state index is -0.313. The molecule has 0 aromatic rings. The fraction of sp³-hybridized carbons (Fsp3) is 0.800. The summed E-state index contributed by atoms with van der Waals surface area (Å²) < 4.78 is 5.06. The van der Waals surface area contributed by atoms with E-state index >= 15 is 0 Å². The molecule has 0 atom stereocenters. The van der Waals surface area contributed by atoms with E-state index in [0.29, 0.717) is 18.6 Å². The first-order valence-electron chi connectivity index (χ1n) is 5.23. The summed E-state index contributed by atoms with van der Waals surface area (Å²) >= 11 is 0. The molecule has 4 nitrogen and oxygen atoms in total. The van der Waals surface area contributed by atoms with Gasteiger partial charge >= 0.3 is 6.09 Å². The number of nitrogens with one attached hydrogen (secondary N) is 1. The zero-order chi connectivity index (χ0) is 9.97. The quantitative estimate of drug-likeness (QED) is 0.727. The molecule has 0 spiro atoms. The molecule has 0 bridgehead atoms. The lowest BCUT2D eigenvalue weighted by molar-refractivity contribution is -0.120. The smallest absolute Gasteiger partial charge is 0.407 e. The standard InChI is InChI=1S/C10H15NO3/c12-8-3-1-7(2-4-8)11-10(13)14-9-5-6-9/h7,9H,1-6H2,(H,11,13). The van der Waals surface area contributed by atoms with Crippen LogP contribution >= 0.6 is 0 Å². The summed E-state index contributed by atoms with van der Waals surface area (Å²) in [5.41, 5.74) is 0. The number of carbonyl (C=O) groups is 2. The second-order valence-electron chi connectivity index (χ2n) is 4.06. The molecule has 0 radical (unpaired) electrons. The average Bonchev–Trinajstić information content (AvgIpc) is 2.93. The van der Waals surface area contributed by atoms with E-state index in [0.717, 1.165) is 25.7 Å². The van der Waals surface area contributed by atoms with Gasteiger partial charge in [-0.3, -0.25) is 4.79 Å². The van der Waals surface area contributed by atoms with Gasteiger partial charge in [0, 0.05) is 18.9 Å². The number of Topliss-reactive ketones (excluding diaryl/α,β-unsaturated/α-hetero) is 1. The van der Waals surface area contributed by atoms with Crippen LogP contribution in [0, 0.1) is 0 Å². The van der Waals surface area contributed by atoms with E-state index in [1.807, 2.05) is 0 Å². The van der Waals surface area contributed by atoms with Crippen LogP contribution in [0.15, 0.2) is 0 Å². The summed E-state index contributed by atoms with van der Waals surface area (Å²) in [6.45, 7) is 0. The molecule has 4 heteroatoms. The van der Waals surface area contributed by atoms with Gasteiger partial charge in [-0.05, 0) is 25.7 Å². The van der Waals surface area contributed by atoms with Crippen molar-refractivity contribution in [3.63, 3.8) is 0 Å². The Morgan fingerprint density at radius 3 is 2.43 bits per heavy atom. The van der Waals surface area contributed by atoms with Crippen LogP contribution in [0.2, 0.25) is 0 Å². The molecule has 1 amide bonds. The molecule has 2 fully saturated rings. The fourth-order valence-corrected chi connectivity index (χ4v) is 1.62. The van der Waals surface area contributed by atoms with E-state index < -0.39 is 0 Å². The monoisotopic (exact) mass is 197 g/mol. The summed E-state index contributed by atoms with van der Waals surface area (Å²) in [5.74, 6) is 0.304. The third-order valence-electron chi connectivity index (χ3n) is 2.66. The molecule has 0 aliphatic heterocycles. The number of rotatable bonds is 2. The largest absolute Gasteiger partial charge is 0.446 e. The Kier molecular flexibility index (Phi) is 2.70. The maximum Gasteiger partial charge on any atom is 0.407 e. The normalized spacial score (nSPS) is 23.3. The zero-order valence-electron chi connectivity index (χ0n) is 8.12. The summed E-state index contributed by atoms with van der Waals surface area (Å²) in [6, 6.07) is 0.138. The third-order valence-corrected chi connectivity index (χ3v) is 2.66. The minimum Gasteiger partial charge on any atom is -0.446 e. The van der Waals surface area contributed by atoms with Crippen molar-refractivity contribution < 1.29 is 14.3 Å². The highest BCUT2D eigenvalue weighted by Crippen LogP contribution is 2.23. The molecule has 0 unspecified atom stereocenters. The molecule has 78 valence electrons. The molecular weight excluding hydrogens is 182 g/mol. The van der Waals surface area contributed by atoms with Crippen molar-refractivity contribution in [1.82, 2.24) is 5.32 Å². The topological polar surface area (TPSA) is 55.4 Å². The highest BCUT2D eigenvalue weighted by molar-refractivity contribution is 5.79. The number of amides is 1. The zero-order valence-corrected chi connectivity index (χ0v) is 8.12. The number of ether oxygens (including phenoxy) is 1. The Hall–Kier alpha value is -1.06. The lowest BCUT2D eigenvalue weighted by Gasteiger charge is -2.21. The van der Waals surface area contributed by atoms with Crippen LogP contribution in [0.5, 0.6) is 0 Å². The van der Waals surface area contributed by atoms with Crippen LogP contribution < -0.4 is 5.32 Å². The van der Waals surface area contributed by atoms with Gasteiger partial charge in [-0.25, -0.2) is 4.79 Å². The number of carbonyl (C=O) groups excluding carboxylic acids is 2. The maximum absolute atomic E-state index is 11.2. The van der Waals surface area contributed by atoms with Gasteiger partial charge in [-0.1, -0.05) is 0 Å². The molecule has 0 heterocycles. The SMILES string of the molecule is O=C1CCC(NC(=O)OC2CC2)CC1. The van der Waals surface area contributed by atoms with Crippen molar-refractivity contribution in [2.24, 2.45) is 0 Å². The van der Waals surface area contributed by atoms with Crippen molar-refractivity contribution >= 4 is 11.9 Å². The van der Waals surface area contributed by atoms with Crippen LogP contribution in [0.3, 0.4) is 0 Å². The lowest BCUT2D eigenvalue weighted by atomic mass is 9.95. The van der Waals surface area contributed by atoms with E-state index in [4.69, 9.17) is 4.74 Å². The van der Waals surface area contributed by atoms with E-state index in [9.17, 15) is 9.59 Å². The molecule has 2 aliphatic rings. The predicted molar refractivity (Wildman–Crippen MR) is 49.9 cm³/mol. The van der Waals surface area contributed by atoms with E-state index in [-0.39, 0.29) is 18.2 Å². The minimum absolute atomic E-state index is 0.138. The Morgan fingerprint density at radius 1 is 1.21 bits per heavy atom. The van der Waals surface area contributed by atoms with E-state index in [2.05, 4.69) is 5.32 Å². The van der Waals surface area contributed by atoms with Crippen LogP contribution in [0.25, 0.3) is 0 Å². The first-order chi connectivity index (χ1) is 6.74. The van der Waals surface area contributed by atoms with Gasteiger partial charge in [0.2, 0.25) is 0 Å². The van der Waals surface area contributed by atoms with Crippen LogP contribution in [-0.2, 0) is 9.53 Å². The van der Waals surface area contributed by atoms with Crippen LogP contribution in [0.1, 0.15) is 38.5 Å². The molecular formula is C10H15NO3. The number of hydrogen-bond donors (Lipinski definition) is 1. The summed E-state index contributed by atoms with van der Waals surface area (Å²) in [7, 11) is 0. The van der Waals surface area contributed by atoms with E-state index in [1.165, 1.54) is 0 Å². The first-order valence-corrected chi connectivity index (χ1v) is 5.23.